The van der Waals surface area contributed by atoms with Gasteiger partial charge in [-0.15, -0.1) is 0 Å². The molecule has 2 aliphatic heterocycles. The number of nitrogens with two attached hydrogens (primary N) is 1. The van der Waals surface area contributed by atoms with Gasteiger partial charge in [-0.3, -0.25) is 4.90 Å². The van der Waals surface area contributed by atoms with Crippen molar-refractivity contribution in [1.82, 2.24) is 9.88 Å². The van der Waals surface area contributed by atoms with Crippen molar-refractivity contribution in [2.45, 2.75) is 45.1 Å². The molecule has 128 valence electrons. The zero-order chi connectivity index (χ0) is 16.5. The Bertz CT molecular complexity index is 721. The van der Waals surface area contributed by atoms with Crippen molar-refractivity contribution in [2.75, 3.05) is 36.8 Å². The number of likely N-dealkylation sites (tertiary alicyclic amines) is 1. The van der Waals surface area contributed by atoms with Gasteiger partial charge in [0.25, 0.3) is 0 Å². The molecule has 4 nitrogen and oxygen atoms in total. The summed E-state index contributed by atoms with van der Waals surface area (Å²) in [6.45, 7) is 6.97. The maximum atomic E-state index is 5.94. The highest BCUT2D eigenvalue weighted by atomic mass is 15.3. The molecule has 1 atom stereocenters. The molecule has 1 aromatic heterocycles. The Morgan fingerprint density at radius 1 is 1.04 bits per heavy atom. The van der Waals surface area contributed by atoms with Gasteiger partial charge in [-0.25, -0.2) is 4.98 Å². The second-order valence-electron chi connectivity index (χ2n) is 7.41. The Morgan fingerprint density at radius 3 is 2.67 bits per heavy atom. The third-order valence-electron chi connectivity index (χ3n) is 5.65. The Labute approximate surface area is 144 Å². The van der Waals surface area contributed by atoms with Crippen LogP contribution in [0.2, 0.25) is 0 Å². The van der Waals surface area contributed by atoms with Gasteiger partial charge in [0.15, 0.2) is 0 Å². The second kappa shape index (κ2) is 6.60. The van der Waals surface area contributed by atoms with Crippen LogP contribution in [0, 0.1) is 6.92 Å². The van der Waals surface area contributed by atoms with Crippen LogP contribution >= 0.6 is 0 Å². The summed E-state index contributed by atoms with van der Waals surface area (Å²) < 4.78 is 0. The van der Waals surface area contributed by atoms with Crippen molar-refractivity contribution in [3.8, 4) is 0 Å². The first kappa shape index (κ1) is 15.7. The molecule has 3 heterocycles. The molecule has 0 aliphatic carbocycles. The third kappa shape index (κ3) is 3.07. The van der Waals surface area contributed by atoms with E-state index < -0.39 is 0 Å². The lowest BCUT2D eigenvalue weighted by Gasteiger charge is -2.31. The molecule has 2 N–H and O–H groups in total. The lowest BCUT2D eigenvalue weighted by Crippen LogP contribution is -2.41. The monoisotopic (exact) mass is 324 g/mol. The molecule has 2 aliphatic rings. The molecule has 2 fully saturated rings. The summed E-state index contributed by atoms with van der Waals surface area (Å²) in [5.41, 5.74) is 9.07. The highest BCUT2D eigenvalue weighted by molar-refractivity contribution is 5.86. The Morgan fingerprint density at radius 2 is 1.83 bits per heavy atom. The molecule has 2 saturated heterocycles. The molecule has 0 saturated carbocycles. The average Bonchev–Trinajstić information content (AvgIpc) is 3.00. The number of aryl methyl sites for hydroxylation is 1. The molecular weight excluding hydrogens is 296 g/mol. The van der Waals surface area contributed by atoms with Gasteiger partial charge in [0.2, 0.25) is 0 Å². The molecule has 2 aromatic rings. The minimum atomic E-state index is 0.694. The van der Waals surface area contributed by atoms with E-state index in [1.165, 1.54) is 56.1 Å². The summed E-state index contributed by atoms with van der Waals surface area (Å²) in [7, 11) is 0. The standard InChI is InChI=1S/C20H28N4/c1-15-12-20(22-19-8-7-16(21)13-18(15)19)24-11-3-2-6-17(14-24)23-9-4-5-10-23/h7-8,12-13,17H,2-6,9-11,14,21H2,1H3. The predicted octanol–water partition coefficient (Wildman–Crippen LogP) is 3.58. The molecule has 0 radical (unpaired) electrons. The summed E-state index contributed by atoms with van der Waals surface area (Å²) >= 11 is 0. The molecule has 24 heavy (non-hydrogen) atoms. The van der Waals surface area contributed by atoms with Gasteiger partial charge in [-0.2, -0.15) is 0 Å². The van der Waals surface area contributed by atoms with Crippen LogP contribution in [0.4, 0.5) is 11.5 Å². The first-order chi connectivity index (χ1) is 11.7. The normalized spacial score (nSPS) is 22.9. The largest absolute Gasteiger partial charge is 0.399 e. The number of pyridine rings is 1. The highest BCUT2D eigenvalue weighted by Crippen LogP contribution is 2.27. The van der Waals surface area contributed by atoms with Gasteiger partial charge < -0.3 is 10.6 Å². The number of aromatic nitrogens is 1. The van der Waals surface area contributed by atoms with Crippen LogP contribution in [-0.2, 0) is 0 Å². The van der Waals surface area contributed by atoms with E-state index in [1.54, 1.807) is 0 Å². The van der Waals surface area contributed by atoms with E-state index in [-0.39, 0.29) is 0 Å². The predicted molar refractivity (Wildman–Crippen MR) is 102 cm³/mol. The van der Waals surface area contributed by atoms with E-state index in [9.17, 15) is 0 Å². The minimum Gasteiger partial charge on any atom is -0.399 e. The van der Waals surface area contributed by atoms with Crippen molar-refractivity contribution in [3.63, 3.8) is 0 Å². The first-order valence-electron chi connectivity index (χ1n) is 9.36. The average molecular weight is 324 g/mol. The van der Waals surface area contributed by atoms with Gasteiger partial charge in [0, 0.05) is 30.2 Å². The van der Waals surface area contributed by atoms with E-state index in [0.717, 1.165) is 30.1 Å². The molecule has 4 rings (SSSR count). The quantitative estimate of drug-likeness (QED) is 0.858. The van der Waals surface area contributed by atoms with Crippen LogP contribution in [0.1, 0.15) is 37.7 Å². The van der Waals surface area contributed by atoms with E-state index >= 15 is 0 Å². The SMILES string of the molecule is Cc1cc(N2CCCCC(N3CCCC3)C2)nc2ccc(N)cc12. The van der Waals surface area contributed by atoms with Crippen molar-refractivity contribution in [2.24, 2.45) is 0 Å². The van der Waals surface area contributed by atoms with Crippen molar-refractivity contribution >= 4 is 22.4 Å². The van der Waals surface area contributed by atoms with Crippen LogP contribution in [0.5, 0.6) is 0 Å². The van der Waals surface area contributed by atoms with Crippen LogP contribution in [-0.4, -0.2) is 42.1 Å². The maximum Gasteiger partial charge on any atom is 0.129 e. The number of nitrogen functional groups attached to an aromatic ring is 1. The van der Waals surface area contributed by atoms with Crippen LogP contribution in [0.3, 0.4) is 0 Å². The molecule has 4 heteroatoms. The smallest absolute Gasteiger partial charge is 0.129 e. The van der Waals surface area contributed by atoms with Gasteiger partial charge >= 0.3 is 0 Å². The highest BCUT2D eigenvalue weighted by Gasteiger charge is 2.26. The van der Waals surface area contributed by atoms with E-state index in [1.807, 2.05) is 12.1 Å². The number of anilines is 2. The van der Waals surface area contributed by atoms with Crippen LogP contribution in [0.15, 0.2) is 24.3 Å². The zero-order valence-corrected chi connectivity index (χ0v) is 14.7. The topological polar surface area (TPSA) is 45.4 Å². The number of hydrogen-bond acceptors (Lipinski definition) is 4. The van der Waals surface area contributed by atoms with E-state index in [2.05, 4.69) is 28.9 Å². The summed E-state index contributed by atoms with van der Waals surface area (Å²) in [4.78, 5) is 10.2. The van der Waals surface area contributed by atoms with E-state index in [0.29, 0.717) is 6.04 Å². The molecule has 0 spiro atoms. The Kier molecular flexibility index (Phi) is 4.31. The van der Waals surface area contributed by atoms with Crippen LogP contribution < -0.4 is 10.6 Å². The summed E-state index contributed by atoms with van der Waals surface area (Å²) in [6.07, 6.45) is 6.67. The van der Waals surface area contributed by atoms with Gasteiger partial charge in [0.1, 0.15) is 5.82 Å². The fourth-order valence-electron chi connectivity index (χ4n) is 4.29. The zero-order valence-electron chi connectivity index (χ0n) is 14.7. The first-order valence-corrected chi connectivity index (χ1v) is 9.36. The molecule has 1 aromatic carbocycles. The number of nitrogens with zero attached hydrogens (tertiary/aromatic N) is 3. The minimum absolute atomic E-state index is 0.694. The number of rotatable bonds is 2. The van der Waals surface area contributed by atoms with Gasteiger partial charge in [-0.05, 0) is 75.5 Å². The Hall–Kier alpha value is -1.81. The fourth-order valence-corrected chi connectivity index (χ4v) is 4.29. The summed E-state index contributed by atoms with van der Waals surface area (Å²) in [5.74, 6) is 1.14. The molecule has 0 bridgehead atoms. The molecule has 0 amide bonds. The second-order valence-corrected chi connectivity index (χ2v) is 7.41. The Balaban J connectivity index is 1.63. The summed E-state index contributed by atoms with van der Waals surface area (Å²) in [5, 5.41) is 1.17. The lowest BCUT2D eigenvalue weighted by molar-refractivity contribution is 0.236. The van der Waals surface area contributed by atoms with Crippen LogP contribution in [0.25, 0.3) is 10.9 Å². The molecule has 1 unspecified atom stereocenters. The maximum absolute atomic E-state index is 5.94. The number of hydrogen-bond donors (Lipinski definition) is 1. The van der Waals surface area contributed by atoms with Gasteiger partial charge in [-0.1, -0.05) is 6.42 Å². The van der Waals surface area contributed by atoms with Crippen molar-refractivity contribution in [3.05, 3.63) is 29.8 Å². The van der Waals surface area contributed by atoms with E-state index in [4.69, 9.17) is 10.7 Å². The third-order valence-corrected chi connectivity index (χ3v) is 5.65. The summed E-state index contributed by atoms with van der Waals surface area (Å²) in [6, 6.07) is 8.98. The number of fused-ring (bicyclic) bond motifs is 1. The lowest BCUT2D eigenvalue weighted by atomic mass is 10.1. The van der Waals surface area contributed by atoms with Gasteiger partial charge in [0.05, 0.1) is 5.52 Å². The van der Waals surface area contributed by atoms with Crippen molar-refractivity contribution < 1.29 is 0 Å². The number of benzene rings is 1. The molecular formula is C20H28N4. The fraction of sp³-hybridized carbons (Fsp3) is 0.550. The van der Waals surface area contributed by atoms with Crippen molar-refractivity contribution in [1.29, 1.82) is 0 Å².